The largest absolute Gasteiger partial charge is 0.498 e. The molecule has 0 N–H and O–H groups in total. The molecule has 2 heterocycles. The van der Waals surface area contributed by atoms with Gasteiger partial charge >= 0.3 is 7.12 Å². The lowest BCUT2D eigenvalue weighted by molar-refractivity contribution is 0.00578. The van der Waals surface area contributed by atoms with Crippen molar-refractivity contribution in [1.29, 1.82) is 0 Å². The van der Waals surface area contributed by atoms with Gasteiger partial charge in [0.05, 0.1) is 11.2 Å². The molecule has 1 saturated heterocycles. The van der Waals surface area contributed by atoms with Crippen molar-refractivity contribution in [2.45, 2.75) is 70.7 Å². The summed E-state index contributed by atoms with van der Waals surface area (Å²) in [6.07, 6.45) is 3.76. The van der Waals surface area contributed by atoms with E-state index < -0.39 is 0 Å². The summed E-state index contributed by atoms with van der Waals surface area (Å²) in [7, 11) is -0.383. The van der Waals surface area contributed by atoms with E-state index in [4.69, 9.17) is 15.9 Å². The van der Waals surface area contributed by atoms with Crippen LogP contribution in [0.15, 0.2) is 6.20 Å². The van der Waals surface area contributed by atoms with Gasteiger partial charge in [-0.1, -0.05) is 0 Å². The second-order valence-electron chi connectivity index (χ2n) is 7.27. The standard InChI is InChI=1S/C15H22BN3O2/c1-11-12(16-20-13(2,3)14(4,5)21-16)9-18-19(11)10-15(17-6)7-8-15/h9H,7-8,10H2,1-5H3. The molecule has 1 aromatic rings. The van der Waals surface area contributed by atoms with Crippen LogP contribution in [0.2, 0.25) is 0 Å². The van der Waals surface area contributed by atoms with Crippen LogP contribution in [0.3, 0.4) is 0 Å². The molecule has 0 radical (unpaired) electrons. The SMILES string of the molecule is [C-]#[N+]C1(Cn2ncc(B3OC(C)(C)C(C)(C)O3)c2C)CC1. The molecular weight excluding hydrogens is 265 g/mol. The van der Waals surface area contributed by atoms with Gasteiger partial charge in [-0.25, -0.2) is 6.57 Å². The van der Waals surface area contributed by atoms with E-state index in [1.807, 2.05) is 45.5 Å². The van der Waals surface area contributed by atoms with Crippen molar-refractivity contribution in [1.82, 2.24) is 9.78 Å². The van der Waals surface area contributed by atoms with Crippen LogP contribution in [0.1, 0.15) is 46.2 Å². The number of aromatic nitrogens is 2. The lowest BCUT2D eigenvalue weighted by Gasteiger charge is -2.32. The average molecular weight is 287 g/mol. The van der Waals surface area contributed by atoms with E-state index in [-0.39, 0.29) is 23.9 Å². The molecule has 2 aliphatic rings. The van der Waals surface area contributed by atoms with Gasteiger partial charge in [0.2, 0.25) is 0 Å². The van der Waals surface area contributed by atoms with Crippen LogP contribution in [0.4, 0.5) is 0 Å². The molecular formula is C15H22BN3O2. The number of nitrogens with zero attached hydrogens (tertiary/aromatic N) is 3. The van der Waals surface area contributed by atoms with Crippen molar-refractivity contribution in [3.05, 3.63) is 23.3 Å². The van der Waals surface area contributed by atoms with E-state index in [0.29, 0.717) is 6.54 Å². The van der Waals surface area contributed by atoms with Crippen LogP contribution in [-0.4, -0.2) is 33.6 Å². The van der Waals surface area contributed by atoms with Crippen molar-refractivity contribution in [2.24, 2.45) is 0 Å². The lowest BCUT2D eigenvalue weighted by Crippen LogP contribution is -2.41. The smallest absolute Gasteiger partial charge is 0.399 e. The maximum atomic E-state index is 7.30. The molecule has 0 atom stereocenters. The Bertz CT molecular complexity index is 595. The molecule has 3 rings (SSSR count). The molecule has 0 amide bonds. The van der Waals surface area contributed by atoms with Crippen LogP contribution in [0.5, 0.6) is 0 Å². The monoisotopic (exact) mass is 287 g/mol. The molecule has 2 fully saturated rings. The predicted octanol–water partition coefficient (Wildman–Crippen LogP) is 1.94. The quantitative estimate of drug-likeness (QED) is 0.630. The van der Waals surface area contributed by atoms with Gasteiger partial charge in [-0.3, -0.25) is 4.68 Å². The van der Waals surface area contributed by atoms with Crippen molar-refractivity contribution in [3.8, 4) is 0 Å². The lowest BCUT2D eigenvalue weighted by atomic mass is 9.79. The Morgan fingerprint density at radius 1 is 1.29 bits per heavy atom. The third-order valence-electron chi connectivity index (χ3n) is 5.16. The minimum atomic E-state index is -0.383. The predicted molar refractivity (Wildman–Crippen MR) is 81.2 cm³/mol. The molecule has 0 aromatic carbocycles. The van der Waals surface area contributed by atoms with E-state index in [9.17, 15) is 0 Å². The molecule has 0 unspecified atom stereocenters. The van der Waals surface area contributed by atoms with E-state index in [0.717, 1.165) is 24.0 Å². The zero-order valence-electron chi connectivity index (χ0n) is 13.4. The van der Waals surface area contributed by atoms with Gasteiger partial charge in [-0.2, -0.15) is 5.10 Å². The molecule has 0 spiro atoms. The van der Waals surface area contributed by atoms with Gasteiger partial charge in [0.15, 0.2) is 0 Å². The highest BCUT2D eigenvalue weighted by molar-refractivity contribution is 6.62. The summed E-state index contributed by atoms with van der Waals surface area (Å²) in [6.45, 7) is 18.2. The van der Waals surface area contributed by atoms with Crippen molar-refractivity contribution >= 4 is 12.6 Å². The minimum absolute atomic E-state index is 0.218. The van der Waals surface area contributed by atoms with E-state index in [1.165, 1.54) is 0 Å². The summed E-state index contributed by atoms with van der Waals surface area (Å²) < 4.78 is 14.1. The summed E-state index contributed by atoms with van der Waals surface area (Å²) in [5.41, 5.74) is 1.09. The van der Waals surface area contributed by atoms with Crippen molar-refractivity contribution in [2.75, 3.05) is 0 Å². The molecule has 1 aromatic heterocycles. The van der Waals surface area contributed by atoms with E-state index in [2.05, 4.69) is 9.94 Å². The Labute approximate surface area is 126 Å². The van der Waals surface area contributed by atoms with Gasteiger partial charge in [0.1, 0.15) is 6.54 Å². The van der Waals surface area contributed by atoms with Gasteiger partial charge in [-0.05, 0) is 34.6 Å². The first-order valence-corrected chi connectivity index (χ1v) is 7.46. The fourth-order valence-electron chi connectivity index (χ4n) is 2.55. The van der Waals surface area contributed by atoms with E-state index in [1.54, 1.807) is 0 Å². The molecule has 21 heavy (non-hydrogen) atoms. The Kier molecular flexibility index (Phi) is 3.02. The fraction of sp³-hybridized carbons (Fsp3) is 0.733. The first-order valence-electron chi connectivity index (χ1n) is 7.46. The summed E-state index contributed by atoms with van der Waals surface area (Å²) in [4.78, 5) is 3.75. The summed E-state index contributed by atoms with van der Waals surface area (Å²) in [5, 5.41) is 4.44. The molecule has 1 saturated carbocycles. The summed E-state index contributed by atoms with van der Waals surface area (Å²) in [5.74, 6) is 0. The number of hydrogen-bond acceptors (Lipinski definition) is 3. The second kappa shape index (κ2) is 4.34. The van der Waals surface area contributed by atoms with Crippen LogP contribution in [0, 0.1) is 13.5 Å². The fourth-order valence-corrected chi connectivity index (χ4v) is 2.55. The van der Waals surface area contributed by atoms with E-state index >= 15 is 0 Å². The highest BCUT2D eigenvalue weighted by Gasteiger charge is 2.54. The summed E-state index contributed by atoms with van der Waals surface area (Å²) in [6, 6.07) is 0. The van der Waals surface area contributed by atoms with Crippen LogP contribution in [-0.2, 0) is 15.9 Å². The molecule has 1 aliphatic carbocycles. The second-order valence-corrected chi connectivity index (χ2v) is 7.27. The van der Waals surface area contributed by atoms with Crippen molar-refractivity contribution < 1.29 is 9.31 Å². The molecule has 5 nitrogen and oxygen atoms in total. The first-order chi connectivity index (χ1) is 9.70. The number of hydrogen-bond donors (Lipinski definition) is 0. The maximum Gasteiger partial charge on any atom is 0.498 e. The topological polar surface area (TPSA) is 40.6 Å². The number of rotatable bonds is 3. The van der Waals surface area contributed by atoms with Crippen LogP contribution >= 0.6 is 0 Å². The minimum Gasteiger partial charge on any atom is -0.399 e. The molecule has 1 aliphatic heterocycles. The normalized spacial score (nSPS) is 24.9. The highest BCUT2D eigenvalue weighted by atomic mass is 16.7. The van der Waals surface area contributed by atoms with Gasteiger partial charge in [0, 0.05) is 30.2 Å². The first kappa shape index (κ1) is 14.6. The third-order valence-corrected chi connectivity index (χ3v) is 5.16. The van der Waals surface area contributed by atoms with Crippen LogP contribution < -0.4 is 5.46 Å². The Morgan fingerprint density at radius 3 is 2.33 bits per heavy atom. The van der Waals surface area contributed by atoms with Crippen LogP contribution in [0.25, 0.3) is 4.85 Å². The summed E-state index contributed by atoms with van der Waals surface area (Å²) >= 11 is 0. The average Bonchev–Trinajstić information content (AvgIpc) is 3.01. The Hall–Kier alpha value is -1.32. The molecule has 112 valence electrons. The van der Waals surface area contributed by atoms with Gasteiger partial charge < -0.3 is 14.2 Å². The maximum absolute atomic E-state index is 7.30. The zero-order valence-corrected chi connectivity index (χ0v) is 13.4. The Morgan fingerprint density at radius 2 is 1.86 bits per heavy atom. The van der Waals surface area contributed by atoms with Crippen molar-refractivity contribution in [3.63, 3.8) is 0 Å². The Balaban J connectivity index is 1.82. The van der Waals surface area contributed by atoms with Gasteiger partial charge in [-0.15, -0.1) is 0 Å². The highest BCUT2D eigenvalue weighted by Crippen LogP contribution is 2.41. The third kappa shape index (κ3) is 2.29. The van der Waals surface area contributed by atoms with Gasteiger partial charge in [0.25, 0.3) is 5.54 Å². The zero-order chi connectivity index (χ0) is 15.5. The molecule has 6 heteroatoms. The molecule has 0 bridgehead atoms.